The normalized spacial score (nSPS) is 13.8. The Morgan fingerprint density at radius 2 is 1.81 bits per heavy atom. The number of nitrogens with zero attached hydrogens (tertiary/aromatic N) is 2. The number of carbonyl (C=O) groups excluding carboxylic acids is 2. The summed E-state index contributed by atoms with van der Waals surface area (Å²) in [5, 5.41) is 4.64. The summed E-state index contributed by atoms with van der Waals surface area (Å²) in [6, 6.07) is 14.8. The quantitative estimate of drug-likeness (QED) is 0.681. The van der Waals surface area contributed by atoms with Crippen molar-refractivity contribution in [2.24, 2.45) is 7.05 Å². The lowest BCUT2D eigenvalue weighted by atomic mass is 10.1. The van der Waals surface area contributed by atoms with Gasteiger partial charge in [-0.15, -0.1) is 0 Å². The average molecular weight is 421 g/mol. The number of fused-ring (bicyclic) bond motifs is 1. The summed E-state index contributed by atoms with van der Waals surface area (Å²) in [7, 11) is 1.54. The number of aryl methyl sites for hydroxylation is 1. The van der Waals surface area contributed by atoms with Crippen molar-refractivity contribution in [3.63, 3.8) is 0 Å². The largest absolute Gasteiger partial charge is 0.484 e. The highest BCUT2D eigenvalue weighted by Crippen LogP contribution is 2.20. The minimum atomic E-state index is -0.485. The second kappa shape index (κ2) is 9.01. The predicted octanol–water partition coefficient (Wildman–Crippen LogP) is 2.03. The maximum atomic E-state index is 12.7. The molecule has 1 N–H and O–H groups in total. The van der Waals surface area contributed by atoms with Gasteiger partial charge in [0.05, 0.1) is 18.8 Å². The van der Waals surface area contributed by atoms with Crippen molar-refractivity contribution in [1.29, 1.82) is 0 Å². The first kappa shape index (κ1) is 20.6. The summed E-state index contributed by atoms with van der Waals surface area (Å²) in [5.74, 6) is -0.138. The van der Waals surface area contributed by atoms with Crippen LogP contribution in [0.1, 0.15) is 10.4 Å². The molecule has 1 aliphatic heterocycles. The molecule has 0 bridgehead atoms. The minimum Gasteiger partial charge on any atom is -0.484 e. The van der Waals surface area contributed by atoms with Crippen LogP contribution in [0.3, 0.4) is 0 Å². The number of hydrogen-bond acceptors (Lipinski definition) is 5. The van der Waals surface area contributed by atoms with E-state index < -0.39 is 11.5 Å². The maximum absolute atomic E-state index is 12.7. The standard InChI is InChI=1S/C23H23N3O5/c1-25-14-18(22(28)26-8-10-30-11-9-26)13-20(23(25)29)24-21(27)15-31-19-7-6-16-4-2-3-5-17(16)12-19/h2-7,12-14H,8-11,15H2,1H3,(H,24,27). The number of amides is 2. The van der Waals surface area contributed by atoms with Gasteiger partial charge in [-0.05, 0) is 29.0 Å². The molecule has 8 heteroatoms. The maximum Gasteiger partial charge on any atom is 0.274 e. The molecule has 2 aromatic carbocycles. The number of pyridine rings is 1. The third kappa shape index (κ3) is 4.75. The van der Waals surface area contributed by atoms with Crippen molar-refractivity contribution in [3.05, 3.63) is 70.6 Å². The van der Waals surface area contributed by atoms with Crippen molar-refractivity contribution >= 4 is 28.3 Å². The smallest absolute Gasteiger partial charge is 0.274 e. The van der Waals surface area contributed by atoms with E-state index in [0.29, 0.717) is 37.6 Å². The number of rotatable bonds is 5. The zero-order valence-corrected chi connectivity index (χ0v) is 17.2. The molecule has 4 rings (SSSR count). The molecule has 0 unspecified atom stereocenters. The van der Waals surface area contributed by atoms with E-state index in [2.05, 4.69) is 5.32 Å². The van der Waals surface area contributed by atoms with Gasteiger partial charge >= 0.3 is 0 Å². The van der Waals surface area contributed by atoms with Gasteiger partial charge in [-0.3, -0.25) is 14.4 Å². The number of carbonyl (C=O) groups is 2. The lowest BCUT2D eigenvalue weighted by Crippen LogP contribution is -2.41. The first-order chi connectivity index (χ1) is 15.0. The van der Waals surface area contributed by atoms with Crippen LogP contribution in [-0.2, 0) is 16.6 Å². The molecule has 1 saturated heterocycles. The molecular weight excluding hydrogens is 398 g/mol. The Morgan fingerprint density at radius 1 is 1.06 bits per heavy atom. The molecule has 1 aliphatic rings. The summed E-state index contributed by atoms with van der Waals surface area (Å²) in [4.78, 5) is 39.2. The van der Waals surface area contributed by atoms with Crippen molar-refractivity contribution < 1.29 is 19.1 Å². The van der Waals surface area contributed by atoms with E-state index in [1.807, 2.05) is 36.4 Å². The van der Waals surface area contributed by atoms with E-state index in [1.165, 1.54) is 16.8 Å². The Balaban J connectivity index is 1.44. The van der Waals surface area contributed by atoms with Crippen LogP contribution in [0.5, 0.6) is 5.75 Å². The first-order valence-corrected chi connectivity index (χ1v) is 10.0. The lowest BCUT2D eigenvalue weighted by Gasteiger charge is -2.27. The zero-order valence-electron chi connectivity index (χ0n) is 17.2. The molecule has 1 fully saturated rings. The number of morpholine rings is 1. The number of hydrogen-bond donors (Lipinski definition) is 1. The van der Waals surface area contributed by atoms with Crippen LogP contribution < -0.4 is 15.6 Å². The third-order valence-electron chi connectivity index (χ3n) is 5.09. The molecular formula is C23H23N3O5. The van der Waals surface area contributed by atoms with Crippen LogP contribution in [-0.4, -0.2) is 54.2 Å². The predicted molar refractivity (Wildman–Crippen MR) is 116 cm³/mol. The van der Waals surface area contributed by atoms with Crippen LogP contribution in [0.15, 0.2) is 59.5 Å². The Kier molecular flexibility index (Phi) is 5.99. The monoisotopic (exact) mass is 421 g/mol. The fourth-order valence-electron chi connectivity index (χ4n) is 3.46. The van der Waals surface area contributed by atoms with E-state index in [1.54, 1.807) is 18.0 Å². The molecule has 2 heterocycles. The lowest BCUT2D eigenvalue weighted by molar-refractivity contribution is -0.118. The van der Waals surface area contributed by atoms with Crippen molar-refractivity contribution in [2.45, 2.75) is 0 Å². The molecule has 1 aromatic heterocycles. The van der Waals surface area contributed by atoms with E-state index in [4.69, 9.17) is 9.47 Å². The Labute approximate surface area is 179 Å². The van der Waals surface area contributed by atoms with Crippen LogP contribution in [0.4, 0.5) is 5.69 Å². The van der Waals surface area contributed by atoms with Crippen LogP contribution >= 0.6 is 0 Å². The molecule has 31 heavy (non-hydrogen) atoms. The highest BCUT2D eigenvalue weighted by molar-refractivity contribution is 5.97. The number of benzene rings is 2. The summed E-state index contributed by atoms with van der Waals surface area (Å²) in [6.07, 6.45) is 1.47. The molecule has 0 spiro atoms. The first-order valence-electron chi connectivity index (χ1n) is 10.0. The van der Waals surface area contributed by atoms with Crippen LogP contribution in [0.2, 0.25) is 0 Å². The van der Waals surface area contributed by atoms with Gasteiger partial charge in [-0.1, -0.05) is 30.3 Å². The molecule has 0 aliphatic carbocycles. The molecule has 8 nitrogen and oxygen atoms in total. The molecule has 0 radical (unpaired) electrons. The number of ether oxygens (including phenoxy) is 2. The van der Waals surface area contributed by atoms with E-state index in [-0.39, 0.29) is 18.2 Å². The van der Waals surface area contributed by atoms with E-state index in [9.17, 15) is 14.4 Å². The van der Waals surface area contributed by atoms with Gasteiger partial charge in [-0.25, -0.2) is 0 Å². The van der Waals surface area contributed by atoms with E-state index in [0.717, 1.165) is 10.8 Å². The van der Waals surface area contributed by atoms with Gasteiger partial charge in [0.2, 0.25) is 0 Å². The third-order valence-corrected chi connectivity index (χ3v) is 5.09. The molecule has 3 aromatic rings. The van der Waals surface area contributed by atoms with Crippen molar-refractivity contribution in [2.75, 3.05) is 38.2 Å². The summed E-state index contributed by atoms with van der Waals surface area (Å²) in [6.45, 7) is 1.68. The summed E-state index contributed by atoms with van der Waals surface area (Å²) in [5.41, 5.74) is -0.0407. The number of anilines is 1. The number of nitrogens with one attached hydrogen (secondary N) is 1. The molecule has 160 valence electrons. The van der Waals surface area contributed by atoms with Gasteiger partial charge < -0.3 is 24.3 Å². The fourth-order valence-corrected chi connectivity index (χ4v) is 3.46. The van der Waals surface area contributed by atoms with Crippen LogP contribution in [0.25, 0.3) is 10.8 Å². The second-order valence-electron chi connectivity index (χ2n) is 7.31. The Hall–Kier alpha value is -3.65. The SMILES string of the molecule is Cn1cc(C(=O)N2CCOCC2)cc(NC(=O)COc2ccc3ccccc3c2)c1=O. The highest BCUT2D eigenvalue weighted by Gasteiger charge is 2.20. The van der Waals surface area contributed by atoms with Crippen molar-refractivity contribution in [1.82, 2.24) is 9.47 Å². The van der Waals surface area contributed by atoms with Gasteiger partial charge in [0.25, 0.3) is 17.4 Å². The fraction of sp³-hybridized carbons (Fsp3) is 0.261. The topological polar surface area (TPSA) is 89.9 Å². The van der Waals surface area contributed by atoms with Gasteiger partial charge in [-0.2, -0.15) is 0 Å². The molecule has 2 amide bonds. The minimum absolute atomic E-state index is 0.0359. The average Bonchev–Trinajstić information content (AvgIpc) is 2.80. The van der Waals surface area contributed by atoms with Crippen LogP contribution in [0, 0.1) is 0 Å². The summed E-state index contributed by atoms with van der Waals surface area (Å²) >= 11 is 0. The van der Waals surface area contributed by atoms with Crippen molar-refractivity contribution in [3.8, 4) is 5.75 Å². The Bertz CT molecular complexity index is 1180. The Morgan fingerprint density at radius 3 is 2.58 bits per heavy atom. The molecule has 0 saturated carbocycles. The molecule has 0 atom stereocenters. The highest BCUT2D eigenvalue weighted by atomic mass is 16.5. The zero-order chi connectivity index (χ0) is 21.8. The second-order valence-corrected chi connectivity index (χ2v) is 7.31. The van der Waals surface area contributed by atoms with Gasteiger partial charge in [0.15, 0.2) is 6.61 Å². The van der Waals surface area contributed by atoms with E-state index >= 15 is 0 Å². The van der Waals surface area contributed by atoms with Gasteiger partial charge in [0.1, 0.15) is 11.4 Å². The van der Waals surface area contributed by atoms with Gasteiger partial charge in [0, 0.05) is 26.3 Å². The number of aromatic nitrogens is 1. The summed E-state index contributed by atoms with van der Waals surface area (Å²) < 4.78 is 12.1.